The summed E-state index contributed by atoms with van der Waals surface area (Å²) in [5.41, 5.74) is 4.86. The Morgan fingerprint density at radius 2 is 1.66 bits per heavy atom. The van der Waals surface area contributed by atoms with Crippen molar-refractivity contribution in [2.75, 3.05) is 29.9 Å². The molecule has 29 heavy (non-hydrogen) atoms. The van der Waals surface area contributed by atoms with E-state index in [2.05, 4.69) is 30.1 Å². The van der Waals surface area contributed by atoms with Gasteiger partial charge >= 0.3 is 0 Å². The lowest BCUT2D eigenvalue weighted by Gasteiger charge is -2.28. The molecule has 2 aromatic carbocycles. The van der Waals surface area contributed by atoms with E-state index in [0.717, 1.165) is 55.0 Å². The standard InChI is InChI=1S/C24H31N3O2/c1-4-9-23(28)25-20-15-14-19-13-12-18-10-7-8-11-21(18)27(22(19)16-20)24(29)17-26(5-2)6-3/h7-8,10-11,14-16H,4-6,9,12-13,17H2,1-3H3,(H,25,28). The predicted octanol–water partition coefficient (Wildman–Crippen LogP) is 4.53. The second-order valence-electron chi connectivity index (χ2n) is 7.46. The minimum absolute atomic E-state index is 0.00231. The van der Waals surface area contributed by atoms with Gasteiger partial charge in [-0.15, -0.1) is 0 Å². The van der Waals surface area contributed by atoms with Gasteiger partial charge in [-0.2, -0.15) is 0 Å². The van der Waals surface area contributed by atoms with Crippen LogP contribution in [0.2, 0.25) is 0 Å². The lowest BCUT2D eigenvalue weighted by atomic mass is 10.0. The summed E-state index contributed by atoms with van der Waals surface area (Å²) in [5.74, 6) is 0.0591. The molecule has 0 radical (unpaired) electrons. The molecular formula is C24H31N3O2. The van der Waals surface area contributed by atoms with Crippen LogP contribution in [-0.2, 0) is 22.4 Å². The van der Waals surface area contributed by atoms with E-state index < -0.39 is 0 Å². The Labute approximate surface area is 173 Å². The molecule has 0 aliphatic carbocycles. The lowest BCUT2D eigenvalue weighted by Crippen LogP contribution is -2.38. The predicted molar refractivity (Wildman–Crippen MR) is 119 cm³/mol. The summed E-state index contributed by atoms with van der Waals surface area (Å²) in [5, 5.41) is 2.97. The van der Waals surface area contributed by atoms with Crippen LogP contribution >= 0.6 is 0 Å². The highest BCUT2D eigenvalue weighted by Crippen LogP contribution is 2.37. The van der Waals surface area contributed by atoms with Gasteiger partial charge < -0.3 is 5.32 Å². The first kappa shape index (κ1) is 21.1. The maximum atomic E-state index is 13.4. The number of para-hydroxylation sites is 1. The van der Waals surface area contributed by atoms with Gasteiger partial charge in [0.15, 0.2) is 0 Å². The molecule has 3 rings (SSSR count). The van der Waals surface area contributed by atoms with Crippen molar-refractivity contribution in [3.05, 3.63) is 53.6 Å². The Morgan fingerprint density at radius 3 is 2.34 bits per heavy atom. The molecular weight excluding hydrogens is 362 g/mol. The van der Waals surface area contributed by atoms with E-state index >= 15 is 0 Å². The number of aryl methyl sites for hydroxylation is 2. The third-order valence-electron chi connectivity index (χ3n) is 5.49. The van der Waals surface area contributed by atoms with E-state index in [4.69, 9.17) is 0 Å². The van der Waals surface area contributed by atoms with Crippen molar-refractivity contribution in [2.45, 2.75) is 46.5 Å². The Kier molecular flexibility index (Phi) is 7.04. The highest BCUT2D eigenvalue weighted by molar-refractivity contribution is 6.04. The van der Waals surface area contributed by atoms with Crippen molar-refractivity contribution in [3.63, 3.8) is 0 Å². The number of carbonyl (C=O) groups excluding carboxylic acids is 2. The number of carbonyl (C=O) groups is 2. The van der Waals surface area contributed by atoms with Gasteiger partial charge in [0.25, 0.3) is 0 Å². The maximum Gasteiger partial charge on any atom is 0.245 e. The number of likely N-dealkylation sites (N-methyl/N-ethyl adjacent to an activating group) is 1. The second-order valence-corrected chi connectivity index (χ2v) is 7.46. The number of hydrogen-bond acceptors (Lipinski definition) is 3. The number of benzene rings is 2. The van der Waals surface area contributed by atoms with Crippen LogP contribution in [0.1, 0.15) is 44.7 Å². The van der Waals surface area contributed by atoms with Crippen molar-refractivity contribution in [1.82, 2.24) is 4.90 Å². The van der Waals surface area contributed by atoms with Crippen LogP contribution in [0.15, 0.2) is 42.5 Å². The topological polar surface area (TPSA) is 52.7 Å². The minimum atomic E-state index is 0.00231. The van der Waals surface area contributed by atoms with Crippen molar-refractivity contribution >= 4 is 28.9 Å². The molecule has 5 nitrogen and oxygen atoms in total. The Morgan fingerprint density at radius 1 is 0.966 bits per heavy atom. The number of nitrogens with one attached hydrogen (secondary N) is 1. The fourth-order valence-corrected chi connectivity index (χ4v) is 3.83. The van der Waals surface area contributed by atoms with Gasteiger partial charge in [0, 0.05) is 12.1 Å². The second kappa shape index (κ2) is 9.70. The van der Waals surface area contributed by atoms with Crippen LogP contribution in [0.25, 0.3) is 0 Å². The Balaban J connectivity index is 2.03. The average Bonchev–Trinajstić information content (AvgIpc) is 2.88. The largest absolute Gasteiger partial charge is 0.326 e. The van der Waals surface area contributed by atoms with Crippen molar-refractivity contribution in [3.8, 4) is 0 Å². The van der Waals surface area contributed by atoms with E-state index in [1.165, 1.54) is 5.56 Å². The zero-order valence-corrected chi connectivity index (χ0v) is 17.7. The number of anilines is 3. The van der Waals surface area contributed by atoms with Crippen LogP contribution < -0.4 is 10.2 Å². The molecule has 0 spiro atoms. The zero-order chi connectivity index (χ0) is 20.8. The van der Waals surface area contributed by atoms with Crippen LogP contribution in [0, 0.1) is 0 Å². The molecule has 0 fully saturated rings. The zero-order valence-electron chi connectivity index (χ0n) is 17.7. The molecule has 154 valence electrons. The SMILES string of the molecule is CCCC(=O)Nc1ccc2c(c1)N(C(=O)CN(CC)CC)c1ccccc1CC2. The summed E-state index contributed by atoms with van der Waals surface area (Å²) in [6.45, 7) is 8.16. The molecule has 0 saturated carbocycles. The first-order chi connectivity index (χ1) is 14.1. The normalized spacial score (nSPS) is 12.9. The van der Waals surface area contributed by atoms with Gasteiger partial charge in [-0.25, -0.2) is 0 Å². The monoisotopic (exact) mass is 393 g/mol. The number of hydrogen-bond donors (Lipinski definition) is 1. The highest BCUT2D eigenvalue weighted by atomic mass is 16.2. The van der Waals surface area contributed by atoms with Gasteiger partial charge in [0.05, 0.1) is 17.9 Å². The Hall–Kier alpha value is -2.66. The molecule has 1 aliphatic heterocycles. The summed E-state index contributed by atoms with van der Waals surface area (Å²) >= 11 is 0. The molecule has 0 unspecified atom stereocenters. The molecule has 0 bridgehead atoms. The average molecular weight is 394 g/mol. The molecule has 0 atom stereocenters. The van der Waals surface area contributed by atoms with Crippen molar-refractivity contribution < 1.29 is 9.59 Å². The summed E-state index contributed by atoms with van der Waals surface area (Å²) in [7, 11) is 0. The fourth-order valence-electron chi connectivity index (χ4n) is 3.83. The van der Waals surface area contributed by atoms with Crippen LogP contribution in [0.3, 0.4) is 0 Å². The number of amides is 2. The molecule has 1 heterocycles. The molecule has 0 aromatic heterocycles. The van der Waals surface area contributed by atoms with E-state index in [-0.39, 0.29) is 11.8 Å². The Bertz CT molecular complexity index is 874. The minimum Gasteiger partial charge on any atom is -0.326 e. The molecule has 1 N–H and O–H groups in total. The molecule has 2 amide bonds. The van der Waals surface area contributed by atoms with Gasteiger partial charge in [-0.05, 0) is 61.7 Å². The van der Waals surface area contributed by atoms with Gasteiger partial charge in [0.1, 0.15) is 0 Å². The van der Waals surface area contributed by atoms with E-state index in [1.54, 1.807) is 0 Å². The first-order valence-corrected chi connectivity index (χ1v) is 10.6. The smallest absolute Gasteiger partial charge is 0.245 e. The van der Waals surface area contributed by atoms with Crippen molar-refractivity contribution in [2.24, 2.45) is 0 Å². The number of fused-ring (bicyclic) bond motifs is 2. The lowest BCUT2D eigenvalue weighted by molar-refractivity contribution is -0.119. The van der Waals surface area contributed by atoms with Gasteiger partial charge in [-0.3, -0.25) is 19.4 Å². The molecule has 5 heteroatoms. The first-order valence-electron chi connectivity index (χ1n) is 10.6. The van der Waals surface area contributed by atoms with Crippen LogP contribution in [0.5, 0.6) is 0 Å². The number of nitrogens with zero attached hydrogens (tertiary/aromatic N) is 2. The fraction of sp³-hybridized carbons (Fsp3) is 0.417. The highest BCUT2D eigenvalue weighted by Gasteiger charge is 2.27. The van der Waals surface area contributed by atoms with E-state index in [1.807, 2.05) is 48.2 Å². The van der Waals surface area contributed by atoms with Gasteiger partial charge in [-0.1, -0.05) is 45.0 Å². The van der Waals surface area contributed by atoms with E-state index in [9.17, 15) is 9.59 Å². The van der Waals surface area contributed by atoms with Crippen LogP contribution in [0.4, 0.5) is 17.1 Å². The number of rotatable bonds is 7. The summed E-state index contributed by atoms with van der Waals surface area (Å²) in [4.78, 5) is 29.5. The summed E-state index contributed by atoms with van der Waals surface area (Å²) in [6, 6.07) is 14.1. The summed E-state index contributed by atoms with van der Waals surface area (Å²) < 4.78 is 0. The summed E-state index contributed by atoms with van der Waals surface area (Å²) in [6.07, 6.45) is 3.05. The third kappa shape index (κ3) is 4.85. The van der Waals surface area contributed by atoms with Crippen molar-refractivity contribution in [1.29, 1.82) is 0 Å². The maximum absolute atomic E-state index is 13.4. The third-order valence-corrected chi connectivity index (χ3v) is 5.49. The molecule has 0 saturated heterocycles. The quantitative estimate of drug-likeness (QED) is 0.752. The van der Waals surface area contributed by atoms with Crippen LogP contribution in [-0.4, -0.2) is 36.3 Å². The molecule has 2 aromatic rings. The van der Waals surface area contributed by atoms with Gasteiger partial charge in [0.2, 0.25) is 11.8 Å². The van der Waals surface area contributed by atoms with E-state index in [0.29, 0.717) is 13.0 Å². The molecule has 1 aliphatic rings.